The lowest BCUT2D eigenvalue weighted by molar-refractivity contribution is 0.414. The standard InChI is InChI=1S/C16H16ClF2NO/c1-20-16(7-10-4-3-5-11(6-10)21-2)12-8-14(18)15(19)9-13(12)17/h3-6,8-9,16,20H,7H2,1-2H3. The van der Waals surface area contributed by atoms with E-state index >= 15 is 0 Å². The van der Waals surface area contributed by atoms with Crippen LogP contribution >= 0.6 is 11.6 Å². The lowest BCUT2D eigenvalue weighted by Crippen LogP contribution is -2.19. The monoisotopic (exact) mass is 311 g/mol. The van der Waals surface area contributed by atoms with Crippen molar-refractivity contribution < 1.29 is 13.5 Å². The van der Waals surface area contributed by atoms with Crippen molar-refractivity contribution in [1.29, 1.82) is 0 Å². The quantitative estimate of drug-likeness (QED) is 0.838. The molecule has 0 heterocycles. The average molecular weight is 312 g/mol. The second kappa shape index (κ2) is 6.87. The second-order valence-electron chi connectivity index (χ2n) is 4.68. The Morgan fingerprint density at radius 1 is 1.19 bits per heavy atom. The number of hydrogen-bond donors (Lipinski definition) is 1. The van der Waals surface area contributed by atoms with Crippen LogP contribution in [0.2, 0.25) is 5.02 Å². The van der Waals surface area contributed by atoms with Gasteiger partial charge in [-0.05, 0) is 48.9 Å². The molecule has 0 fully saturated rings. The molecule has 5 heteroatoms. The van der Waals surface area contributed by atoms with E-state index in [1.165, 1.54) is 0 Å². The Bertz CT molecular complexity index is 634. The number of likely N-dealkylation sites (N-methyl/N-ethyl adjacent to an activating group) is 1. The van der Waals surface area contributed by atoms with E-state index in [0.717, 1.165) is 23.4 Å². The summed E-state index contributed by atoms with van der Waals surface area (Å²) in [7, 11) is 3.35. The Morgan fingerprint density at radius 3 is 2.57 bits per heavy atom. The van der Waals surface area contributed by atoms with Gasteiger partial charge < -0.3 is 10.1 Å². The van der Waals surface area contributed by atoms with Crippen LogP contribution in [-0.2, 0) is 6.42 Å². The van der Waals surface area contributed by atoms with E-state index in [4.69, 9.17) is 16.3 Å². The lowest BCUT2D eigenvalue weighted by Gasteiger charge is -2.19. The summed E-state index contributed by atoms with van der Waals surface area (Å²) in [5, 5.41) is 3.28. The maximum atomic E-state index is 13.4. The zero-order valence-corrected chi connectivity index (χ0v) is 12.5. The smallest absolute Gasteiger partial charge is 0.160 e. The van der Waals surface area contributed by atoms with Gasteiger partial charge in [0.1, 0.15) is 5.75 Å². The van der Waals surface area contributed by atoms with Crippen molar-refractivity contribution in [1.82, 2.24) is 5.32 Å². The van der Waals surface area contributed by atoms with Crippen LogP contribution in [0.3, 0.4) is 0 Å². The number of benzene rings is 2. The molecule has 2 nitrogen and oxygen atoms in total. The largest absolute Gasteiger partial charge is 0.497 e. The number of hydrogen-bond acceptors (Lipinski definition) is 2. The molecule has 2 rings (SSSR count). The first-order chi connectivity index (χ1) is 10.0. The van der Waals surface area contributed by atoms with Crippen LogP contribution in [-0.4, -0.2) is 14.2 Å². The molecule has 0 amide bonds. The fourth-order valence-corrected chi connectivity index (χ4v) is 2.49. The summed E-state index contributed by atoms with van der Waals surface area (Å²) in [5.74, 6) is -1.10. The molecule has 0 aromatic heterocycles. The Labute approximate surface area is 127 Å². The Kier molecular flexibility index (Phi) is 5.15. The van der Waals surface area contributed by atoms with Gasteiger partial charge in [0.05, 0.1) is 7.11 Å². The van der Waals surface area contributed by atoms with E-state index < -0.39 is 11.6 Å². The minimum atomic E-state index is -0.944. The van der Waals surface area contributed by atoms with Gasteiger partial charge in [-0.1, -0.05) is 23.7 Å². The van der Waals surface area contributed by atoms with Crippen LogP contribution in [0.25, 0.3) is 0 Å². The van der Waals surface area contributed by atoms with Gasteiger partial charge >= 0.3 is 0 Å². The van der Waals surface area contributed by atoms with E-state index in [9.17, 15) is 8.78 Å². The SMILES string of the molecule is CNC(Cc1cccc(OC)c1)c1cc(F)c(F)cc1Cl. The van der Waals surface area contributed by atoms with Crippen LogP contribution in [0.5, 0.6) is 5.75 Å². The number of ether oxygens (including phenoxy) is 1. The van der Waals surface area contributed by atoms with Crippen molar-refractivity contribution >= 4 is 11.6 Å². The molecule has 0 aliphatic rings. The Balaban J connectivity index is 2.29. The maximum Gasteiger partial charge on any atom is 0.160 e. The first-order valence-corrected chi connectivity index (χ1v) is 6.87. The molecule has 0 aliphatic carbocycles. The third-order valence-corrected chi connectivity index (χ3v) is 3.66. The van der Waals surface area contributed by atoms with Crippen molar-refractivity contribution in [3.63, 3.8) is 0 Å². The summed E-state index contributed by atoms with van der Waals surface area (Å²) < 4.78 is 31.8. The third-order valence-electron chi connectivity index (χ3n) is 3.34. The van der Waals surface area contributed by atoms with Crippen LogP contribution in [0.1, 0.15) is 17.2 Å². The molecule has 2 aromatic rings. The first kappa shape index (κ1) is 15.7. The topological polar surface area (TPSA) is 21.3 Å². The number of methoxy groups -OCH3 is 1. The molecule has 21 heavy (non-hydrogen) atoms. The molecule has 0 aliphatic heterocycles. The van der Waals surface area contributed by atoms with E-state index in [-0.39, 0.29) is 11.1 Å². The highest BCUT2D eigenvalue weighted by atomic mass is 35.5. The molecule has 0 bridgehead atoms. The van der Waals surface area contributed by atoms with Crippen LogP contribution in [0, 0.1) is 11.6 Å². The third kappa shape index (κ3) is 3.71. The molecule has 1 atom stereocenters. The van der Waals surface area contributed by atoms with E-state index in [0.29, 0.717) is 12.0 Å². The summed E-state index contributed by atoms with van der Waals surface area (Å²) in [6.45, 7) is 0. The molecule has 0 saturated heterocycles. The van der Waals surface area contributed by atoms with Crippen molar-refractivity contribution in [3.8, 4) is 5.75 Å². The second-order valence-corrected chi connectivity index (χ2v) is 5.09. The summed E-state index contributed by atoms with van der Waals surface area (Å²) in [5.41, 5.74) is 1.54. The van der Waals surface area contributed by atoms with Gasteiger partial charge in [-0.25, -0.2) is 8.78 Å². The average Bonchev–Trinajstić information content (AvgIpc) is 2.49. The molecular formula is C16H16ClF2NO. The molecule has 0 saturated carbocycles. The number of rotatable bonds is 5. The fourth-order valence-electron chi connectivity index (χ4n) is 2.21. The van der Waals surface area contributed by atoms with Gasteiger partial charge in [0.2, 0.25) is 0 Å². The summed E-state index contributed by atoms with van der Waals surface area (Å²) in [6.07, 6.45) is 0.582. The van der Waals surface area contributed by atoms with Crippen molar-refractivity contribution in [2.24, 2.45) is 0 Å². The predicted molar refractivity (Wildman–Crippen MR) is 79.9 cm³/mol. The molecule has 2 aromatic carbocycles. The van der Waals surface area contributed by atoms with Gasteiger partial charge in [-0.3, -0.25) is 0 Å². The highest BCUT2D eigenvalue weighted by molar-refractivity contribution is 6.31. The summed E-state index contributed by atoms with van der Waals surface area (Å²) in [6, 6.07) is 9.50. The van der Waals surface area contributed by atoms with Gasteiger partial charge in [0, 0.05) is 11.1 Å². The molecular weight excluding hydrogens is 296 g/mol. The molecule has 1 N–H and O–H groups in total. The van der Waals surface area contributed by atoms with Gasteiger partial charge in [0.15, 0.2) is 11.6 Å². The van der Waals surface area contributed by atoms with Gasteiger partial charge in [-0.15, -0.1) is 0 Å². The molecule has 0 spiro atoms. The predicted octanol–water partition coefficient (Wildman–Crippen LogP) is 4.13. The first-order valence-electron chi connectivity index (χ1n) is 6.49. The fraction of sp³-hybridized carbons (Fsp3) is 0.250. The number of halogens is 3. The Morgan fingerprint density at radius 2 is 1.90 bits per heavy atom. The van der Waals surface area contributed by atoms with Crippen molar-refractivity contribution in [2.75, 3.05) is 14.2 Å². The van der Waals surface area contributed by atoms with E-state index in [2.05, 4.69) is 5.32 Å². The minimum Gasteiger partial charge on any atom is -0.497 e. The zero-order chi connectivity index (χ0) is 15.4. The minimum absolute atomic E-state index is 0.205. The van der Waals surface area contributed by atoms with Crippen LogP contribution in [0.15, 0.2) is 36.4 Å². The Hall–Kier alpha value is -1.65. The molecule has 1 unspecified atom stereocenters. The van der Waals surface area contributed by atoms with Crippen molar-refractivity contribution in [2.45, 2.75) is 12.5 Å². The summed E-state index contributed by atoms with van der Waals surface area (Å²) >= 11 is 6.03. The van der Waals surface area contributed by atoms with Gasteiger partial charge in [-0.2, -0.15) is 0 Å². The van der Waals surface area contributed by atoms with Crippen molar-refractivity contribution in [3.05, 3.63) is 64.2 Å². The van der Waals surface area contributed by atoms with Crippen LogP contribution < -0.4 is 10.1 Å². The highest BCUT2D eigenvalue weighted by Crippen LogP contribution is 2.28. The normalized spacial score (nSPS) is 12.2. The van der Waals surface area contributed by atoms with Crippen LogP contribution in [0.4, 0.5) is 8.78 Å². The van der Waals surface area contributed by atoms with Gasteiger partial charge in [0.25, 0.3) is 0 Å². The number of nitrogens with one attached hydrogen (secondary N) is 1. The van der Waals surface area contributed by atoms with E-state index in [1.54, 1.807) is 14.2 Å². The maximum absolute atomic E-state index is 13.4. The zero-order valence-electron chi connectivity index (χ0n) is 11.8. The molecule has 112 valence electrons. The highest BCUT2D eigenvalue weighted by Gasteiger charge is 2.17. The summed E-state index contributed by atoms with van der Waals surface area (Å²) in [4.78, 5) is 0. The lowest BCUT2D eigenvalue weighted by atomic mass is 9.98. The molecule has 0 radical (unpaired) electrons. The van der Waals surface area contributed by atoms with E-state index in [1.807, 2.05) is 24.3 Å².